The highest BCUT2D eigenvalue weighted by Crippen LogP contribution is 2.09. The molecule has 0 aliphatic rings. The lowest BCUT2D eigenvalue weighted by molar-refractivity contribution is 0.134. The lowest BCUT2D eigenvalue weighted by Gasteiger charge is -2.12. The minimum Gasteiger partial charge on any atom is -0.395 e. The molecule has 0 rings (SSSR count). The third-order valence-electron chi connectivity index (χ3n) is 1.18. The summed E-state index contributed by atoms with van der Waals surface area (Å²) >= 11 is 3.14. The van der Waals surface area contributed by atoms with E-state index >= 15 is 0 Å². The third kappa shape index (κ3) is 3.89. The second-order valence-electron chi connectivity index (χ2n) is 2.05. The van der Waals surface area contributed by atoms with Gasteiger partial charge in [-0.05, 0) is 6.42 Å². The van der Waals surface area contributed by atoms with E-state index in [-0.39, 0.29) is 11.4 Å². The van der Waals surface area contributed by atoms with Crippen LogP contribution in [0.1, 0.15) is 19.8 Å². The molecule has 0 spiro atoms. The highest BCUT2D eigenvalue weighted by molar-refractivity contribution is 9.09. The highest BCUT2D eigenvalue weighted by atomic mass is 79.9. The molecule has 0 aliphatic heterocycles. The van der Waals surface area contributed by atoms with Crippen LogP contribution in [0.5, 0.6) is 0 Å². The van der Waals surface area contributed by atoms with Gasteiger partial charge in [0.15, 0.2) is 0 Å². The van der Waals surface area contributed by atoms with Gasteiger partial charge in [-0.2, -0.15) is 0 Å². The van der Waals surface area contributed by atoms with Crippen molar-refractivity contribution in [3.05, 3.63) is 0 Å². The Morgan fingerprint density at radius 2 is 2.11 bits per heavy atom. The van der Waals surface area contributed by atoms with Gasteiger partial charge >= 0.3 is 0 Å². The Kier molecular flexibility index (Phi) is 5.44. The first-order chi connectivity index (χ1) is 4.22. The molecule has 0 heterocycles. The fraction of sp³-hybridized carbons (Fsp3) is 1.00. The van der Waals surface area contributed by atoms with Gasteiger partial charge in [0, 0.05) is 0 Å². The molecule has 0 aromatic heterocycles. The van der Waals surface area contributed by atoms with Gasteiger partial charge in [0.2, 0.25) is 0 Å². The van der Waals surface area contributed by atoms with Gasteiger partial charge in [0.1, 0.15) is 0 Å². The van der Waals surface area contributed by atoms with E-state index in [4.69, 9.17) is 10.2 Å². The van der Waals surface area contributed by atoms with Crippen LogP contribution in [-0.4, -0.2) is 27.8 Å². The summed E-state index contributed by atoms with van der Waals surface area (Å²) in [6, 6.07) is 0. The smallest absolute Gasteiger partial charge is 0.0687 e. The van der Waals surface area contributed by atoms with Crippen molar-refractivity contribution in [1.82, 2.24) is 0 Å². The molecule has 2 N–H and O–H groups in total. The van der Waals surface area contributed by atoms with Crippen molar-refractivity contribution in [2.45, 2.75) is 30.7 Å². The molecule has 0 aliphatic carbocycles. The predicted molar refractivity (Wildman–Crippen MR) is 40.7 cm³/mol. The number of aliphatic hydroxyl groups is 2. The molecule has 0 fully saturated rings. The fourth-order valence-electron chi connectivity index (χ4n) is 0.598. The standard InChI is InChI=1S/C6H13BrO2/c1-2-3-6(9)5(7)4-8/h5-6,8-9H,2-4H2,1H3/t5-,6+/m0/s1. The Labute approximate surface area is 64.0 Å². The zero-order valence-electron chi connectivity index (χ0n) is 5.55. The maximum absolute atomic E-state index is 9.11. The van der Waals surface area contributed by atoms with Crippen molar-refractivity contribution in [2.24, 2.45) is 0 Å². The quantitative estimate of drug-likeness (QED) is 0.657. The van der Waals surface area contributed by atoms with Crippen LogP contribution in [0.2, 0.25) is 0 Å². The molecule has 0 saturated carbocycles. The van der Waals surface area contributed by atoms with Gasteiger partial charge in [0.25, 0.3) is 0 Å². The van der Waals surface area contributed by atoms with Crippen molar-refractivity contribution in [3.63, 3.8) is 0 Å². The maximum atomic E-state index is 9.11. The number of halogens is 1. The van der Waals surface area contributed by atoms with Gasteiger partial charge in [-0.3, -0.25) is 0 Å². The fourth-order valence-corrected chi connectivity index (χ4v) is 0.863. The molecule has 0 bridgehead atoms. The van der Waals surface area contributed by atoms with E-state index in [1.54, 1.807) is 0 Å². The zero-order chi connectivity index (χ0) is 7.28. The Balaban J connectivity index is 3.32. The van der Waals surface area contributed by atoms with Gasteiger partial charge in [-0.1, -0.05) is 29.3 Å². The zero-order valence-corrected chi connectivity index (χ0v) is 7.13. The number of hydrogen-bond acceptors (Lipinski definition) is 2. The molecule has 2 nitrogen and oxygen atoms in total. The van der Waals surface area contributed by atoms with E-state index in [0.717, 1.165) is 12.8 Å². The second kappa shape index (κ2) is 5.21. The van der Waals surface area contributed by atoms with Gasteiger partial charge < -0.3 is 10.2 Å². The molecule has 2 atom stereocenters. The van der Waals surface area contributed by atoms with Crippen LogP contribution in [0.15, 0.2) is 0 Å². The molecule has 0 saturated heterocycles. The lowest BCUT2D eigenvalue weighted by Crippen LogP contribution is -2.23. The summed E-state index contributed by atoms with van der Waals surface area (Å²) in [5, 5.41) is 17.6. The predicted octanol–water partition coefficient (Wildman–Crippen LogP) is 0.903. The molecule has 3 heteroatoms. The summed E-state index contributed by atoms with van der Waals surface area (Å²) in [5.74, 6) is 0. The number of alkyl halides is 1. The van der Waals surface area contributed by atoms with Crippen molar-refractivity contribution >= 4 is 15.9 Å². The average molecular weight is 197 g/mol. The van der Waals surface area contributed by atoms with Crippen LogP contribution in [0.25, 0.3) is 0 Å². The monoisotopic (exact) mass is 196 g/mol. The Morgan fingerprint density at radius 1 is 1.56 bits per heavy atom. The highest BCUT2D eigenvalue weighted by Gasteiger charge is 2.12. The minimum atomic E-state index is -0.403. The molecule has 56 valence electrons. The Bertz CT molecular complexity index is 68.1. The van der Waals surface area contributed by atoms with E-state index in [2.05, 4.69) is 15.9 Å². The van der Waals surface area contributed by atoms with E-state index in [1.165, 1.54) is 0 Å². The van der Waals surface area contributed by atoms with Gasteiger partial charge in [-0.15, -0.1) is 0 Å². The van der Waals surface area contributed by atoms with Crippen molar-refractivity contribution in [3.8, 4) is 0 Å². The number of hydrogen-bond donors (Lipinski definition) is 2. The number of aliphatic hydroxyl groups excluding tert-OH is 2. The van der Waals surface area contributed by atoms with Crippen molar-refractivity contribution in [1.29, 1.82) is 0 Å². The summed E-state index contributed by atoms with van der Waals surface area (Å²) in [6.07, 6.45) is 1.29. The van der Waals surface area contributed by atoms with Crippen molar-refractivity contribution in [2.75, 3.05) is 6.61 Å². The van der Waals surface area contributed by atoms with Crippen LogP contribution in [0, 0.1) is 0 Å². The molecule has 0 radical (unpaired) electrons. The van der Waals surface area contributed by atoms with E-state index < -0.39 is 6.10 Å². The van der Waals surface area contributed by atoms with Crippen LogP contribution < -0.4 is 0 Å². The first-order valence-electron chi connectivity index (χ1n) is 3.15. The van der Waals surface area contributed by atoms with Gasteiger partial charge in [-0.25, -0.2) is 0 Å². The molecule has 0 aromatic rings. The maximum Gasteiger partial charge on any atom is 0.0687 e. The molecule has 0 amide bonds. The van der Waals surface area contributed by atoms with Crippen LogP contribution in [-0.2, 0) is 0 Å². The first kappa shape index (κ1) is 9.40. The Morgan fingerprint density at radius 3 is 2.44 bits per heavy atom. The molecule has 0 aromatic carbocycles. The van der Waals surface area contributed by atoms with E-state index in [0.29, 0.717) is 0 Å². The molecular weight excluding hydrogens is 184 g/mol. The largest absolute Gasteiger partial charge is 0.395 e. The van der Waals surface area contributed by atoms with Crippen LogP contribution >= 0.6 is 15.9 Å². The third-order valence-corrected chi connectivity index (χ3v) is 2.08. The summed E-state index contributed by atoms with van der Waals surface area (Å²) < 4.78 is 0. The summed E-state index contributed by atoms with van der Waals surface area (Å²) in [5.41, 5.74) is 0. The van der Waals surface area contributed by atoms with E-state index in [1.807, 2.05) is 6.92 Å². The van der Waals surface area contributed by atoms with E-state index in [9.17, 15) is 0 Å². The average Bonchev–Trinajstić information content (AvgIpc) is 1.87. The normalized spacial score (nSPS) is 17.3. The topological polar surface area (TPSA) is 40.5 Å². The summed E-state index contributed by atoms with van der Waals surface area (Å²) in [4.78, 5) is -0.155. The summed E-state index contributed by atoms with van der Waals surface area (Å²) in [6.45, 7) is 2.00. The SMILES string of the molecule is CCC[C@@H](O)[C@@H](Br)CO. The second-order valence-corrected chi connectivity index (χ2v) is 3.23. The molecule has 0 unspecified atom stereocenters. The van der Waals surface area contributed by atoms with Crippen LogP contribution in [0.3, 0.4) is 0 Å². The first-order valence-corrected chi connectivity index (χ1v) is 4.07. The lowest BCUT2D eigenvalue weighted by atomic mass is 10.1. The summed E-state index contributed by atoms with van der Waals surface area (Å²) in [7, 11) is 0. The number of rotatable bonds is 4. The van der Waals surface area contributed by atoms with Crippen molar-refractivity contribution < 1.29 is 10.2 Å². The Hall–Kier alpha value is 0.400. The van der Waals surface area contributed by atoms with Gasteiger partial charge in [0.05, 0.1) is 17.5 Å². The van der Waals surface area contributed by atoms with Crippen LogP contribution in [0.4, 0.5) is 0 Å². The molecular formula is C6H13BrO2. The molecule has 9 heavy (non-hydrogen) atoms. The minimum absolute atomic E-state index is 0.00116.